The molecule has 0 bridgehead atoms. The summed E-state index contributed by atoms with van der Waals surface area (Å²) in [5.74, 6) is 0.0810. The molecule has 2 rings (SSSR count). The second-order valence-corrected chi connectivity index (χ2v) is 5.05. The van der Waals surface area contributed by atoms with Crippen LogP contribution in [0.5, 0.6) is 0 Å². The van der Waals surface area contributed by atoms with E-state index < -0.39 is 0 Å². The van der Waals surface area contributed by atoms with Gasteiger partial charge >= 0.3 is 0 Å². The Kier molecular flexibility index (Phi) is 3.66. The van der Waals surface area contributed by atoms with Crippen LogP contribution in [0.1, 0.15) is 36.7 Å². The van der Waals surface area contributed by atoms with Crippen LogP contribution in [0.2, 0.25) is 0 Å². The van der Waals surface area contributed by atoms with Crippen molar-refractivity contribution in [2.75, 3.05) is 6.54 Å². The van der Waals surface area contributed by atoms with Crippen LogP contribution in [-0.4, -0.2) is 23.3 Å². The van der Waals surface area contributed by atoms with Gasteiger partial charge < -0.3 is 4.42 Å². The summed E-state index contributed by atoms with van der Waals surface area (Å²) in [4.78, 5) is 25.0. The van der Waals surface area contributed by atoms with E-state index in [2.05, 4.69) is 22.9 Å². The average Bonchev–Trinajstić information content (AvgIpc) is 2.85. The van der Waals surface area contributed by atoms with Crippen LogP contribution >= 0.6 is 15.9 Å². The van der Waals surface area contributed by atoms with E-state index in [0.717, 1.165) is 12.8 Å². The number of amides is 2. The van der Waals surface area contributed by atoms with Gasteiger partial charge in [0.15, 0.2) is 10.4 Å². The second-order valence-electron chi connectivity index (χ2n) is 4.27. The van der Waals surface area contributed by atoms with Crippen molar-refractivity contribution in [1.82, 2.24) is 4.90 Å². The highest BCUT2D eigenvalue weighted by Gasteiger charge is 2.34. The van der Waals surface area contributed by atoms with Crippen LogP contribution in [0.25, 0.3) is 0 Å². The first kappa shape index (κ1) is 12.4. The Balaban J connectivity index is 2.08. The molecule has 1 atom stereocenters. The minimum Gasteiger partial charge on any atom is -0.444 e. The average molecular weight is 300 g/mol. The van der Waals surface area contributed by atoms with Crippen LogP contribution in [0.4, 0.5) is 0 Å². The van der Waals surface area contributed by atoms with Gasteiger partial charge in [0.25, 0.3) is 5.91 Å². The van der Waals surface area contributed by atoms with E-state index in [1.807, 2.05) is 0 Å². The lowest BCUT2D eigenvalue weighted by molar-refractivity contribution is -0.125. The van der Waals surface area contributed by atoms with Crippen molar-refractivity contribution in [3.63, 3.8) is 0 Å². The van der Waals surface area contributed by atoms with Crippen molar-refractivity contribution >= 4 is 27.7 Å². The molecule has 1 aliphatic rings. The van der Waals surface area contributed by atoms with Crippen molar-refractivity contribution in [3.05, 3.63) is 22.6 Å². The molecule has 0 radical (unpaired) electrons. The van der Waals surface area contributed by atoms with E-state index >= 15 is 0 Å². The molecule has 92 valence electrons. The number of nitrogens with zero attached hydrogens (tertiary/aromatic N) is 1. The van der Waals surface area contributed by atoms with E-state index in [0.29, 0.717) is 23.6 Å². The smallest absolute Gasteiger partial charge is 0.296 e. The topological polar surface area (TPSA) is 50.5 Å². The standard InChI is InChI=1S/C12H14BrNO3/c1-2-3-8-6-11(15)14(7-8)12(16)9-4-5-10(13)17-9/h4-5,8H,2-3,6-7H2,1H3. The SMILES string of the molecule is CCCC1CC(=O)N(C(=O)c2ccc(Br)o2)C1. The van der Waals surface area contributed by atoms with E-state index in [-0.39, 0.29) is 17.6 Å². The van der Waals surface area contributed by atoms with Gasteiger partial charge in [0, 0.05) is 13.0 Å². The quantitative estimate of drug-likeness (QED) is 0.807. The highest BCUT2D eigenvalue weighted by molar-refractivity contribution is 9.10. The Labute approximate surface area is 108 Å². The summed E-state index contributed by atoms with van der Waals surface area (Å²) in [6.45, 7) is 2.60. The number of rotatable bonds is 3. The minimum absolute atomic E-state index is 0.0963. The summed E-state index contributed by atoms with van der Waals surface area (Å²) in [5, 5.41) is 0. The van der Waals surface area contributed by atoms with Gasteiger partial charge in [-0.2, -0.15) is 0 Å². The van der Waals surface area contributed by atoms with Gasteiger partial charge in [0.1, 0.15) is 0 Å². The van der Waals surface area contributed by atoms with Crippen LogP contribution in [0, 0.1) is 5.92 Å². The van der Waals surface area contributed by atoms with E-state index in [1.54, 1.807) is 12.1 Å². The van der Waals surface area contributed by atoms with Gasteiger partial charge in [0.05, 0.1) is 0 Å². The molecule has 1 fully saturated rings. The van der Waals surface area contributed by atoms with Crippen molar-refractivity contribution in [1.29, 1.82) is 0 Å². The molecule has 0 aromatic carbocycles. The summed E-state index contributed by atoms with van der Waals surface area (Å²) in [6, 6.07) is 3.23. The molecule has 1 saturated heterocycles. The predicted octanol–water partition coefficient (Wildman–Crippen LogP) is 2.83. The Bertz CT molecular complexity index is 441. The first-order valence-corrected chi connectivity index (χ1v) is 6.51. The van der Waals surface area contributed by atoms with Crippen LogP contribution in [0.15, 0.2) is 21.2 Å². The highest BCUT2D eigenvalue weighted by atomic mass is 79.9. The molecule has 1 aromatic heterocycles. The Morgan fingerprint density at radius 3 is 2.94 bits per heavy atom. The molecule has 5 heteroatoms. The van der Waals surface area contributed by atoms with Crippen LogP contribution < -0.4 is 0 Å². The molecule has 2 heterocycles. The summed E-state index contributed by atoms with van der Waals surface area (Å²) in [7, 11) is 0. The maximum atomic E-state index is 12.0. The zero-order chi connectivity index (χ0) is 12.4. The molecule has 1 aliphatic heterocycles. The molecule has 4 nitrogen and oxygen atoms in total. The van der Waals surface area contributed by atoms with Crippen molar-refractivity contribution in [2.24, 2.45) is 5.92 Å². The van der Waals surface area contributed by atoms with Gasteiger partial charge in [-0.25, -0.2) is 0 Å². The number of halogens is 1. The fraction of sp³-hybridized carbons (Fsp3) is 0.500. The number of imide groups is 1. The number of hydrogen-bond donors (Lipinski definition) is 0. The second kappa shape index (κ2) is 5.04. The van der Waals surface area contributed by atoms with Gasteiger partial charge in [-0.15, -0.1) is 0 Å². The molecule has 17 heavy (non-hydrogen) atoms. The third-order valence-corrected chi connectivity index (χ3v) is 3.36. The third-order valence-electron chi connectivity index (χ3n) is 2.93. The van der Waals surface area contributed by atoms with E-state index in [1.165, 1.54) is 4.90 Å². The third kappa shape index (κ3) is 2.60. The zero-order valence-electron chi connectivity index (χ0n) is 9.61. The Morgan fingerprint density at radius 2 is 2.35 bits per heavy atom. The number of carbonyl (C=O) groups is 2. The fourth-order valence-corrected chi connectivity index (χ4v) is 2.45. The van der Waals surface area contributed by atoms with Crippen molar-refractivity contribution < 1.29 is 14.0 Å². The Hall–Kier alpha value is -1.10. The van der Waals surface area contributed by atoms with Gasteiger partial charge in [-0.05, 0) is 40.4 Å². The molecule has 0 saturated carbocycles. The van der Waals surface area contributed by atoms with Gasteiger partial charge in [-0.1, -0.05) is 13.3 Å². The van der Waals surface area contributed by atoms with Crippen LogP contribution in [0.3, 0.4) is 0 Å². The normalized spacial score (nSPS) is 20.0. The van der Waals surface area contributed by atoms with E-state index in [4.69, 9.17) is 4.42 Å². The van der Waals surface area contributed by atoms with Crippen molar-refractivity contribution in [3.8, 4) is 0 Å². The summed E-state index contributed by atoms with van der Waals surface area (Å²) in [6.07, 6.45) is 2.49. The lowest BCUT2D eigenvalue weighted by Gasteiger charge is -2.12. The minimum atomic E-state index is -0.334. The number of furan rings is 1. The molecule has 2 amide bonds. The lowest BCUT2D eigenvalue weighted by Crippen LogP contribution is -2.32. The molecule has 0 N–H and O–H groups in total. The summed E-state index contributed by atoms with van der Waals surface area (Å²) >= 11 is 3.14. The first-order valence-electron chi connectivity index (χ1n) is 5.72. The largest absolute Gasteiger partial charge is 0.444 e. The number of carbonyl (C=O) groups excluding carboxylic acids is 2. The number of hydrogen-bond acceptors (Lipinski definition) is 3. The first-order chi connectivity index (χ1) is 8.11. The molecular weight excluding hydrogens is 286 g/mol. The molecule has 0 spiro atoms. The predicted molar refractivity (Wildman–Crippen MR) is 65.5 cm³/mol. The molecule has 1 aromatic rings. The monoisotopic (exact) mass is 299 g/mol. The summed E-state index contributed by atoms with van der Waals surface area (Å²) in [5.41, 5.74) is 0. The van der Waals surface area contributed by atoms with Gasteiger partial charge in [-0.3, -0.25) is 14.5 Å². The van der Waals surface area contributed by atoms with Gasteiger partial charge in [0.2, 0.25) is 5.91 Å². The van der Waals surface area contributed by atoms with E-state index in [9.17, 15) is 9.59 Å². The fourth-order valence-electron chi connectivity index (χ4n) is 2.14. The lowest BCUT2D eigenvalue weighted by atomic mass is 10.0. The zero-order valence-corrected chi connectivity index (χ0v) is 11.2. The molecule has 0 aliphatic carbocycles. The molecule has 1 unspecified atom stereocenters. The maximum absolute atomic E-state index is 12.0. The number of likely N-dealkylation sites (tertiary alicyclic amines) is 1. The maximum Gasteiger partial charge on any atom is 0.296 e. The Morgan fingerprint density at radius 1 is 1.59 bits per heavy atom. The van der Waals surface area contributed by atoms with Crippen molar-refractivity contribution in [2.45, 2.75) is 26.2 Å². The van der Waals surface area contributed by atoms with Crippen LogP contribution in [-0.2, 0) is 4.79 Å². The molecular formula is C12H14BrNO3. The highest BCUT2D eigenvalue weighted by Crippen LogP contribution is 2.25. The summed E-state index contributed by atoms with van der Waals surface area (Å²) < 4.78 is 5.67.